The fourth-order valence-corrected chi connectivity index (χ4v) is 1.12. The first kappa shape index (κ1) is 12.7. The van der Waals surface area contributed by atoms with Gasteiger partial charge < -0.3 is 37.0 Å². The van der Waals surface area contributed by atoms with Gasteiger partial charge in [-0.15, -0.1) is 0 Å². The Hall–Kier alpha value is -0.280. The van der Waals surface area contributed by atoms with Crippen molar-refractivity contribution in [3.8, 4) is 0 Å². The zero-order valence-electron chi connectivity index (χ0n) is 7.08. The third-order valence-corrected chi connectivity index (χ3v) is 1.95. The molecule has 0 aromatic carbocycles. The molecule has 1 unspecified atom stereocenters. The molecule has 80 valence electrons. The molecule has 7 nitrogen and oxygen atoms in total. The van der Waals surface area contributed by atoms with Gasteiger partial charge in [0, 0.05) is 0 Å². The molecular formula is C6H16N2O5. The minimum atomic E-state index is -1.35. The van der Waals surface area contributed by atoms with Gasteiger partial charge in [-0.25, -0.2) is 0 Å². The number of nitrogens with two attached hydrogens (primary N) is 1. The number of aliphatic hydroxyl groups excluding tert-OH is 4. The summed E-state index contributed by atoms with van der Waals surface area (Å²) in [5, 5.41) is 36.1. The molecule has 0 bridgehead atoms. The van der Waals surface area contributed by atoms with Crippen molar-refractivity contribution in [1.82, 2.24) is 6.15 Å². The minimum Gasteiger partial charge on any atom is -0.394 e. The molecule has 1 rings (SSSR count). The Morgan fingerprint density at radius 1 is 1.15 bits per heavy atom. The molecule has 0 aliphatic carbocycles. The van der Waals surface area contributed by atoms with Crippen molar-refractivity contribution in [3.05, 3.63) is 0 Å². The van der Waals surface area contributed by atoms with Crippen LogP contribution in [0.25, 0.3) is 0 Å². The molecule has 1 heterocycles. The van der Waals surface area contributed by atoms with Gasteiger partial charge in [-0.05, 0) is 0 Å². The van der Waals surface area contributed by atoms with Crippen LogP contribution in [0.5, 0.6) is 0 Å². The molecule has 13 heavy (non-hydrogen) atoms. The number of ether oxygens (including phenoxy) is 1. The van der Waals surface area contributed by atoms with Crippen LogP contribution in [0.2, 0.25) is 0 Å². The normalized spacial score (nSPS) is 45.5. The summed E-state index contributed by atoms with van der Waals surface area (Å²) in [4.78, 5) is 0. The Kier molecular flexibility index (Phi) is 4.71. The van der Waals surface area contributed by atoms with Crippen LogP contribution in [0.4, 0.5) is 0 Å². The summed E-state index contributed by atoms with van der Waals surface area (Å²) in [6.07, 6.45) is -4.85. The van der Waals surface area contributed by atoms with E-state index in [0.717, 1.165) is 0 Å². The maximum absolute atomic E-state index is 9.20. The average Bonchev–Trinajstić information content (AvgIpc) is 2.08. The number of hydrogen-bond acceptors (Lipinski definition) is 7. The summed E-state index contributed by atoms with van der Waals surface area (Å²) in [5.41, 5.74) is 5.26. The van der Waals surface area contributed by atoms with Crippen LogP contribution < -0.4 is 11.9 Å². The van der Waals surface area contributed by atoms with Crippen molar-refractivity contribution >= 4 is 0 Å². The van der Waals surface area contributed by atoms with Crippen molar-refractivity contribution in [2.24, 2.45) is 5.73 Å². The lowest BCUT2D eigenvalue weighted by molar-refractivity contribution is -0.248. The van der Waals surface area contributed by atoms with E-state index in [4.69, 9.17) is 20.7 Å². The van der Waals surface area contributed by atoms with Crippen LogP contribution in [0.3, 0.4) is 0 Å². The van der Waals surface area contributed by atoms with E-state index in [1.807, 2.05) is 0 Å². The van der Waals surface area contributed by atoms with Gasteiger partial charge in [0.1, 0.15) is 18.3 Å². The molecule has 1 fully saturated rings. The summed E-state index contributed by atoms with van der Waals surface area (Å²) in [6, 6.07) is -1.04. The fourth-order valence-electron chi connectivity index (χ4n) is 1.12. The highest BCUT2D eigenvalue weighted by Gasteiger charge is 2.41. The highest BCUT2D eigenvalue weighted by molar-refractivity contribution is 4.90. The number of hydrogen-bond donors (Lipinski definition) is 6. The van der Waals surface area contributed by atoms with Gasteiger partial charge in [-0.2, -0.15) is 0 Å². The molecule has 0 amide bonds. The monoisotopic (exact) mass is 196 g/mol. The quantitative estimate of drug-likeness (QED) is 0.260. The lowest BCUT2D eigenvalue weighted by Crippen LogP contribution is -2.61. The predicted octanol–water partition coefficient (Wildman–Crippen LogP) is -3.09. The first-order valence-corrected chi connectivity index (χ1v) is 3.64. The van der Waals surface area contributed by atoms with E-state index < -0.39 is 37.3 Å². The van der Waals surface area contributed by atoms with Crippen molar-refractivity contribution in [1.29, 1.82) is 0 Å². The summed E-state index contributed by atoms with van der Waals surface area (Å²) < 4.78 is 4.70. The molecule has 1 aliphatic heterocycles. The molecule has 0 aromatic rings. The summed E-state index contributed by atoms with van der Waals surface area (Å²) in [7, 11) is 0. The van der Waals surface area contributed by atoms with Crippen molar-refractivity contribution in [2.45, 2.75) is 30.6 Å². The van der Waals surface area contributed by atoms with Gasteiger partial charge in [-0.1, -0.05) is 0 Å². The Morgan fingerprint density at radius 2 is 1.69 bits per heavy atom. The maximum Gasteiger partial charge on any atom is 0.173 e. The van der Waals surface area contributed by atoms with Crippen LogP contribution in [-0.4, -0.2) is 57.7 Å². The van der Waals surface area contributed by atoms with E-state index in [1.54, 1.807) is 0 Å². The third-order valence-electron chi connectivity index (χ3n) is 1.95. The van der Waals surface area contributed by atoms with Gasteiger partial charge in [0.2, 0.25) is 0 Å². The van der Waals surface area contributed by atoms with Crippen LogP contribution in [0, 0.1) is 0 Å². The van der Waals surface area contributed by atoms with Gasteiger partial charge in [0.25, 0.3) is 0 Å². The average molecular weight is 196 g/mol. The molecule has 0 spiro atoms. The van der Waals surface area contributed by atoms with Crippen LogP contribution in [0.15, 0.2) is 0 Å². The van der Waals surface area contributed by atoms with E-state index in [-0.39, 0.29) is 6.15 Å². The summed E-state index contributed by atoms with van der Waals surface area (Å²) >= 11 is 0. The molecule has 0 saturated carbocycles. The molecule has 0 aromatic heterocycles. The smallest absolute Gasteiger partial charge is 0.173 e. The fraction of sp³-hybridized carbons (Fsp3) is 1.00. The van der Waals surface area contributed by atoms with E-state index in [2.05, 4.69) is 0 Å². The first-order chi connectivity index (χ1) is 5.57. The van der Waals surface area contributed by atoms with Crippen LogP contribution >= 0.6 is 0 Å². The largest absolute Gasteiger partial charge is 0.394 e. The number of aliphatic hydroxyl groups is 4. The van der Waals surface area contributed by atoms with Crippen molar-refractivity contribution in [2.75, 3.05) is 6.61 Å². The Morgan fingerprint density at radius 3 is 2.15 bits per heavy atom. The minimum absolute atomic E-state index is 0. The van der Waals surface area contributed by atoms with Gasteiger partial charge in [0.15, 0.2) is 6.29 Å². The van der Waals surface area contributed by atoms with E-state index in [0.29, 0.717) is 0 Å². The Bertz CT molecular complexity index is 153. The summed E-state index contributed by atoms with van der Waals surface area (Å²) in [5.74, 6) is 0. The van der Waals surface area contributed by atoms with Crippen LogP contribution in [-0.2, 0) is 4.74 Å². The molecule has 5 atom stereocenters. The zero-order valence-corrected chi connectivity index (χ0v) is 7.08. The van der Waals surface area contributed by atoms with Gasteiger partial charge in [-0.3, -0.25) is 0 Å². The lowest BCUT2D eigenvalue weighted by atomic mass is 9.98. The second kappa shape index (κ2) is 4.82. The van der Waals surface area contributed by atoms with Crippen LogP contribution in [0.1, 0.15) is 0 Å². The predicted molar refractivity (Wildman–Crippen MR) is 43.0 cm³/mol. The first-order valence-electron chi connectivity index (χ1n) is 3.64. The lowest BCUT2D eigenvalue weighted by Gasteiger charge is -2.38. The van der Waals surface area contributed by atoms with E-state index in [9.17, 15) is 10.2 Å². The maximum atomic E-state index is 9.20. The Labute approximate surface area is 75.3 Å². The number of rotatable bonds is 1. The molecule has 0 radical (unpaired) electrons. The SMILES string of the molecule is N.N[C@H]1C(O)O[C@H](CO)[C@@H](O)[C@@H]1O. The molecule has 1 aliphatic rings. The third kappa shape index (κ3) is 2.35. The molecular weight excluding hydrogens is 180 g/mol. The second-order valence-corrected chi connectivity index (χ2v) is 2.81. The summed E-state index contributed by atoms with van der Waals surface area (Å²) in [6.45, 7) is -0.470. The van der Waals surface area contributed by atoms with Crippen molar-refractivity contribution < 1.29 is 25.2 Å². The molecule has 7 heteroatoms. The molecule has 1 saturated heterocycles. The molecule has 9 N–H and O–H groups in total. The standard InChI is InChI=1S/C6H13NO5.H3N/c7-3-5(10)4(9)2(1-8)12-6(3)11;/h2-6,8-11H,1,7H2;1H3/t2-,3-,4-,5-,6?;/m1./s1. The van der Waals surface area contributed by atoms with Crippen molar-refractivity contribution in [3.63, 3.8) is 0 Å². The second-order valence-electron chi connectivity index (χ2n) is 2.81. The van der Waals surface area contributed by atoms with Gasteiger partial charge in [0.05, 0.1) is 12.6 Å². The zero-order chi connectivity index (χ0) is 9.30. The highest BCUT2D eigenvalue weighted by Crippen LogP contribution is 2.17. The highest BCUT2D eigenvalue weighted by atomic mass is 16.6. The van der Waals surface area contributed by atoms with E-state index in [1.165, 1.54) is 0 Å². The topological polar surface area (TPSA) is 151 Å². The van der Waals surface area contributed by atoms with Gasteiger partial charge >= 0.3 is 0 Å². The van der Waals surface area contributed by atoms with E-state index >= 15 is 0 Å². The Balaban J connectivity index is 0.00000144.